The molecular formula is C12H13ClN2O4. The van der Waals surface area contributed by atoms with Gasteiger partial charge in [-0.2, -0.15) is 0 Å². The first-order chi connectivity index (χ1) is 8.95. The predicted octanol–water partition coefficient (Wildman–Crippen LogP) is -3.06. The molecule has 0 saturated carbocycles. The first kappa shape index (κ1) is 14.1. The van der Waals surface area contributed by atoms with Gasteiger partial charge >= 0.3 is 5.65 Å². The van der Waals surface area contributed by atoms with Gasteiger partial charge in [0.05, 0.1) is 6.20 Å². The van der Waals surface area contributed by atoms with Crippen LogP contribution in [0.2, 0.25) is 0 Å². The largest absolute Gasteiger partial charge is 0.327 e. The van der Waals surface area contributed by atoms with Crippen molar-refractivity contribution < 1.29 is 33.3 Å². The minimum Gasteiger partial charge on any atom is -0.222 e. The second kappa shape index (κ2) is 5.77. The van der Waals surface area contributed by atoms with E-state index < -0.39 is 10.2 Å². The fourth-order valence-electron chi connectivity index (χ4n) is 2.24. The normalized spacial score (nSPS) is 14.5. The van der Waals surface area contributed by atoms with E-state index in [9.17, 15) is 0 Å². The van der Waals surface area contributed by atoms with Crippen molar-refractivity contribution in [2.24, 2.45) is 0 Å². The maximum Gasteiger partial charge on any atom is 0.327 e. The zero-order chi connectivity index (χ0) is 13.9. The van der Waals surface area contributed by atoms with Gasteiger partial charge in [0, 0.05) is 18.1 Å². The summed E-state index contributed by atoms with van der Waals surface area (Å²) >= 11 is 0. The molecule has 3 rings (SSSR count). The van der Waals surface area contributed by atoms with Gasteiger partial charge in [-0.15, -0.1) is 10.2 Å². The van der Waals surface area contributed by atoms with Crippen LogP contribution in [0, 0.1) is 10.2 Å². The lowest BCUT2D eigenvalue weighted by Crippen LogP contribution is -2.68. The number of rotatable bonds is 0. The lowest BCUT2D eigenvalue weighted by Gasteiger charge is -2.17. The van der Waals surface area contributed by atoms with Crippen LogP contribution >= 0.6 is 0 Å². The molecule has 7 heteroatoms. The molecule has 0 amide bonds. The molecule has 1 aliphatic rings. The zero-order valence-electron chi connectivity index (χ0n) is 10.1. The Kier molecular flexibility index (Phi) is 4.28. The Bertz CT molecular complexity index is 565. The second-order valence-corrected chi connectivity index (χ2v) is 5.00. The molecule has 0 aromatic carbocycles. The van der Waals surface area contributed by atoms with Gasteiger partial charge in [-0.25, -0.2) is 23.0 Å². The number of hydrogen-bond acceptors (Lipinski definition) is 5. The summed E-state index contributed by atoms with van der Waals surface area (Å²) in [6, 6.07) is 6.18. The van der Waals surface area contributed by atoms with Crippen LogP contribution in [0.25, 0.3) is 5.65 Å². The van der Waals surface area contributed by atoms with Crippen LogP contribution < -0.4 is 23.0 Å². The highest BCUT2D eigenvalue weighted by Crippen LogP contribution is 2.17. The van der Waals surface area contributed by atoms with E-state index in [4.69, 9.17) is 18.6 Å². The first-order valence-corrected chi connectivity index (χ1v) is 7.07. The summed E-state index contributed by atoms with van der Waals surface area (Å²) in [4.78, 5) is 4.46. The highest BCUT2D eigenvalue weighted by atomic mass is 35.7. The summed E-state index contributed by atoms with van der Waals surface area (Å²) in [7, 11) is -4.94. The predicted molar refractivity (Wildman–Crippen MR) is 54.0 cm³/mol. The highest BCUT2D eigenvalue weighted by molar-refractivity contribution is 5.31. The van der Waals surface area contributed by atoms with Crippen LogP contribution in [0.5, 0.6) is 0 Å². The fourth-order valence-corrected chi connectivity index (χ4v) is 2.24. The molecule has 0 unspecified atom stereocenters. The van der Waals surface area contributed by atoms with E-state index in [0.29, 0.717) is 0 Å². The van der Waals surface area contributed by atoms with E-state index in [2.05, 4.69) is 27.7 Å². The van der Waals surface area contributed by atoms with Gasteiger partial charge in [0.15, 0.2) is 0 Å². The van der Waals surface area contributed by atoms with E-state index in [1.807, 2.05) is 12.3 Å². The summed E-state index contributed by atoms with van der Waals surface area (Å²) in [6.45, 7) is 0. The number of aromatic nitrogens is 2. The zero-order valence-corrected chi connectivity index (χ0v) is 10.9. The van der Waals surface area contributed by atoms with E-state index in [1.165, 1.54) is 36.9 Å². The number of fused-ring (bicyclic) bond motifs is 3. The molecule has 0 atom stereocenters. The molecule has 2 aromatic heterocycles. The van der Waals surface area contributed by atoms with Crippen molar-refractivity contribution in [2.45, 2.75) is 25.7 Å². The number of halogens is 1. The Morgan fingerprint density at radius 1 is 1.05 bits per heavy atom. The fraction of sp³-hybridized carbons (Fsp3) is 0.333. The number of aryl methyl sites for hydroxylation is 2. The minimum absolute atomic E-state index is 1.06. The molecular weight excluding hydrogens is 272 g/mol. The van der Waals surface area contributed by atoms with Gasteiger partial charge in [-0.05, 0) is 30.3 Å². The van der Waals surface area contributed by atoms with Gasteiger partial charge in [-0.1, -0.05) is 6.07 Å². The van der Waals surface area contributed by atoms with Crippen molar-refractivity contribution in [2.75, 3.05) is 0 Å². The number of hydrogen-bond donors (Lipinski definition) is 0. The van der Waals surface area contributed by atoms with E-state index in [1.54, 1.807) is 0 Å². The summed E-state index contributed by atoms with van der Waals surface area (Å²) in [5, 5.41) is 0. The van der Waals surface area contributed by atoms with Crippen molar-refractivity contribution >= 4 is 5.65 Å². The molecule has 0 N–H and O–H groups in total. The second-order valence-electron chi connectivity index (χ2n) is 4.24. The van der Waals surface area contributed by atoms with Crippen LogP contribution in [0.1, 0.15) is 24.1 Å². The van der Waals surface area contributed by atoms with Crippen LogP contribution in [0.4, 0.5) is 0 Å². The summed E-state index contributed by atoms with van der Waals surface area (Å²) in [5.41, 5.74) is 3.95. The summed E-state index contributed by atoms with van der Waals surface area (Å²) < 4.78 is 36.2. The average molecular weight is 285 g/mol. The van der Waals surface area contributed by atoms with E-state index >= 15 is 0 Å². The van der Waals surface area contributed by atoms with E-state index in [0.717, 1.165) is 5.65 Å². The smallest absolute Gasteiger partial charge is 0.222 e. The van der Waals surface area contributed by atoms with Crippen LogP contribution in [0.3, 0.4) is 0 Å². The van der Waals surface area contributed by atoms with Crippen molar-refractivity contribution in [3.8, 4) is 0 Å². The topological polar surface area (TPSA) is 109 Å². The standard InChI is InChI=1S/C12H13N2.ClHO4/c1-2-6-11-10(5-1)9-13-12-7-3-4-8-14(11)12;2-1(3,4)5/h3-4,7-9H,1-2,5-6H2;(H,2,3,4,5)/q+1;/p-1. The number of nitrogens with zero attached hydrogens (tertiary/aromatic N) is 2. The quantitative estimate of drug-likeness (QED) is 0.477. The Hall–Kier alpha value is -1.31. The van der Waals surface area contributed by atoms with Crippen LogP contribution in [-0.4, -0.2) is 4.98 Å². The molecule has 6 nitrogen and oxygen atoms in total. The molecule has 0 spiro atoms. The molecule has 102 valence electrons. The molecule has 2 heterocycles. The molecule has 2 aromatic rings. The molecule has 0 fully saturated rings. The molecule has 0 aliphatic heterocycles. The lowest BCUT2D eigenvalue weighted by atomic mass is 9.97. The summed E-state index contributed by atoms with van der Waals surface area (Å²) in [5.74, 6) is 0. The maximum atomic E-state index is 8.49. The van der Waals surface area contributed by atoms with Crippen LogP contribution in [0.15, 0.2) is 30.6 Å². The minimum atomic E-state index is -4.94. The Morgan fingerprint density at radius 3 is 2.47 bits per heavy atom. The highest BCUT2D eigenvalue weighted by Gasteiger charge is 2.17. The van der Waals surface area contributed by atoms with Crippen molar-refractivity contribution in [1.29, 1.82) is 0 Å². The Labute approximate surface area is 112 Å². The van der Waals surface area contributed by atoms with Gasteiger partial charge in [0.1, 0.15) is 11.9 Å². The van der Waals surface area contributed by atoms with Gasteiger partial charge in [-0.3, -0.25) is 0 Å². The third-order valence-electron chi connectivity index (χ3n) is 2.96. The molecule has 0 radical (unpaired) electrons. The number of pyridine rings is 1. The van der Waals surface area contributed by atoms with Gasteiger partial charge in [0.2, 0.25) is 0 Å². The third-order valence-corrected chi connectivity index (χ3v) is 2.96. The monoisotopic (exact) mass is 284 g/mol. The Balaban J connectivity index is 0.000000232. The molecule has 19 heavy (non-hydrogen) atoms. The molecule has 1 aliphatic carbocycles. The van der Waals surface area contributed by atoms with Crippen LogP contribution in [-0.2, 0) is 12.8 Å². The van der Waals surface area contributed by atoms with E-state index in [-0.39, 0.29) is 0 Å². The van der Waals surface area contributed by atoms with Crippen molar-refractivity contribution in [3.05, 3.63) is 41.9 Å². The first-order valence-electron chi connectivity index (χ1n) is 5.84. The Morgan fingerprint density at radius 2 is 1.74 bits per heavy atom. The lowest BCUT2D eigenvalue weighted by molar-refractivity contribution is -2.00. The van der Waals surface area contributed by atoms with Crippen molar-refractivity contribution in [3.63, 3.8) is 0 Å². The average Bonchev–Trinajstić information content (AvgIpc) is 2.37. The third kappa shape index (κ3) is 4.09. The van der Waals surface area contributed by atoms with Crippen molar-refractivity contribution in [1.82, 2.24) is 4.98 Å². The molecule has 0 saturated heterocycles. The van der Waals surface area contributed by atoms with Gasteiger partial charge in [0.25, 0.3) is 0 Å². The SMILES string of the molecule is [O-][Cl+3]([O-])([O-])[O-].c1cc[n+]2c3c(cnc2c1)CCCC3. The summed E-state index contributed by atoms with van der Waals surface area (Å²) in [6.07, 6.45) is 9.18. The molecule has 0 bridgehead atoms. The maximum absolute atomic E-state index is 8.49. The van der Waals surface area contributed by atoms with Gasteiger partial charge < -0.3 is 0 Å².